The molecule has 0 bridgehead atoms. The van der Waals surface area contributed by atoms with Crippen LogP contribution >= 0.6 is 22.2 Å². The molecule has 0 spiro atoms. The van der Waals surface area contributed by atoms with Crippen LogP contribution in [-0.2, 0) is 6.42 Å². The molecule has 1 nitrogen and oxygen atoms in total. The summed E-state index contributed by atoms with van der Waals surface area (Å²) in [5.41, 5.74) is 0. The first-order valence-electron chi connectivity index (χ1n) is 3.48. The Morgan fingerprint density at radius 3 is 2.73 bits per heavy atom. The summed E-state index contributed by atoms with van der Waals surface area (Å²) in [4.78, 5) is 0. The fourth-order valence-corrected chi connectivity index (χ4v) is 2.05. The zero-order valence-corrected chi connectivity index (χ0v) is 8.82. The lowest BCUT2D eigenvalue weighted by Crippen LogP contribution is -2.12. The van der Waals surface area contributed by atoms with Gasteiger partial charge in [-0.15, -0.1) is 22.2 Å². The van der Waals surface area contributed by atoms with Gasteiger partial charge in [-0.25, -0.2) is 0 Å². The molecule has 0 aliphatic rings. The van der Waals surface area contributed by atoms with E-state index in [1.165, 1.54) is 0 Å². The lowest BCUT2D eigenvalue weighted by atomic mass is 10.4. The van der Waals surface area contributed by atoms with Gasteiger partial charge in [0.25, 0.3) is 0 Å². The molecule has 4 heteroatoms. The van der Waals surface area contributed by atoms with Crippen LogP contribution in [0.3, 0.4) is 0 Å². The summed E-state index contributed by atoms with van der Waals surface area (Å²) in [5, 5.41) is 0. The second-order valence-corrected chi connectivity index (χ2v) is 10.9. The zero-order chi connectivity index (χ0) is 8.32. The van der Waals surface area contributed by atoms with Gasteiger partial charge in [-0.1, -0.05) is 0 Å². The highest BCUT2D eigenvalue weighted by Gasteiger charge is 2.20. The Kier molecular flexibility index (Phi) is 3.04. The summed E-state index contributed by atoms with van der Waals surface area (Å²) >= 11 is 11.8. The summed E-state index contributed by atoms with van der Waals surface area (Å²) in [7, 11) is 0. The van der Waals surface area contributed by atoms with Crippen LogP contribution < -0.4 is 0 Å². The molecular formula is C7H10Cl2OSi. The highest BCUT2D eigenvalue weighted by atomic mass is 35.7. The van der Waals surface area contributed by atoms with E-state index in [-0.39, 0.29) is 0 Å². The Morgan fingerprint density at radius 2 is 2.27 bits per heavy atom. The quantitative estimate of drug-likeness (QED) is 0.549. The van der Waals surface area contributed by atoms with E-state index in [0.717, 1.165) is 18.2 Å². The molecule has 1 rings (SSSR count). The smallest absolute Gasteiger partial charge is 0.248 e. The molecule has 0 fully saturated rings. The Labute approximate surface area is 76.7 Å². The van der Waals surface area contributed by atoms with Gasteiger partial charge < -0.3 is 4.42 Å². The summed E-state index contributed by atoms with van der Waals surface area (Å²) in [5.74, 6) is 0.963. The lowest BCUT2D eigenvalue weighted by Gasteiger charge is -2.07. The Hall–Kier alpha value is 0.0769. The minimum Gasteiger partial charge on any atom is -0.469 e. The maximum atomic E-state index is 5.91. The van der Waals surface area contributed by atoms with Gasteiger partial charge in [-0.2, -0.15) is 0 Å². The number of aryl methyl sites for hydroxylation is 1. The maximum Gasteiger partial charge on any atom is 0.248 e. The van der Waals surface area contributed by atoms with Crippen molar-refractivity contribution in [2.75, 3.05) is 0 Å². The summed E-state index contributed by atoms with van der Waals surface area (Å²) < 4.78 is 5.13. The molecule has 0 unspecified atom stereocenters. The number of halogens is 2. The van der Waals surface area contributed by atoms with Gasteiger partial charge >= 0.3 is 0 Å². The first kappa shape index (κ1) is 9.17. The molecule has 1 aromatic heterocycles. The Bertz CT molecular complexity index is 203. The molecular weight excluding hydrogens is 199 g/mol. The third-order valence-electron chi connectivity index (χ3n) is 1.39. The van der Waals surface area contributed by atoms with Gasteiger partial charge in [-0.05, 0) is 24.7 Å². The third-order valence-corrected chi connectivity index (χ3v) is 3.65. The molecule has 0 aromatic carbocycles. The molecule has 0 saturated heterocycles. The predicted molar refractivity (Wildman–Crippen MR) is 50.5 cm³/mol. The lowest BCUT2D eigenvalue weighted by molar-refractivity contribution is 0.515. The summed E-state index contributed by atoms with van der Waals surface area (Å²) in [6.07, 6.45) is 2.51. The molecule has 0 amide bonds. The molecule has 1 aromatic rings. The van der Waals surface area contributed by atoms with Gasteiger partial charge in [0.2, 0.25) is 6.69 Å². The van der Waals surface area contributed by atoms with E-state index < -0.39 is 6.69 Å². The molecule has 0 aliphatic heterocycles. The predicted octanol–water partition coefficient (Wildman–Crippen LogP) is 3.37. The number of hydrogen-bond acceptors (Lipinski definition) is 1. The molecule has 0 atom stereocenters. The van der Waals surface area contributed by atoms with E-state index in [1.54, 1.807) is 6.26 Å². The van der Waals surface area contributed by atoms with Crippen LogP contribution in [0.4, 0.5) is 0 Å². The highest BCUT2D eigenvalue weighted by molar-refractivity contribution is 7.44. The number of hydrogen-bond donors (Lipinski definition) is 0. The van der Waals surface area contributed by atoms with Crippen LogP contribution in [0, 0.1) is 0 Å². The van der Waals surface area contributed by atoms with Gasteiger partial charge in [0, 0.05) is 6.42 Å². The van der Waals surface area contributed by atoms with Crippen LogP contribution in [0.2, 0.25) is 12.6 Å². The minimum absolute atomic E-state index is 0.850. The van der Waals surface area contributed by atoms with E-state index in [1.807, 2.05) is 18.7 Å². The van der Waals surface area contributed by atoms with Crippen molar-refractivity contribution < 1.29 is 4.42 Å². The van der Waals surface area contributed by atoms with Crippen LogP contribution in [0.5, 0.6) is 0 Å². The van der Waals surface area contributed by atoms with Crippen molar-refractivity contribution in [2.24, 2.45) is 0 Å². The zero-order valence-electron chi connectivity index (χ0n) is 6.31. The van der Waals surface area contributed by atoms with Crippen molar-refractivity contribution in [3.63, 3.8) is 0 Å². The fraction of sp³-hybridized carbons (Fsp3) is 0.429. The fourth-order valence-electron chi connectivity index (χ4n) is 0.798. The average Bonchev–Trinajstić information content (AvgIpc) is 2.32. The Balaban J connectivity index is 2.35. The second-order valence-electron chi connectivity index (χ2n) is 2.65. The van der Waals surface area contributed by atoms with E-state index >= 15 is 0 Å². The van der Waals surface area contributed by atoms with Crippen molar-refractivity contribution in [2.45, 2.75) is 19.0 Å². The Morgan fingerprint density at radius 1 is 1.55 bits per heavy atom. The van der Waals surface area contributed by atoms with Crippen molar-refractivity contribution in [1.29, 1.82) is 0 Å². The van der Waals surface area contributed by atoms with Crippen LogP contribution in [0.1, 0.15) is 5.76 Å². The largest absolute Gasteiger partial charge is 0.469 e. The molecule has 0 saturated carbocycles. The van der Waals surface area contributed by atoms with E-state index in [4.69, 9.17) is 26.6 Å². The number of furan rings is 1. The minimum atomic E-state index is -1.93. The molecule has 0 N–H and O–H groups in total. The van der Waals surface area contributed by atoms with Crippen LogP contribution in [-0.4, -0.2) is 6.69 Å². The standard InChI is InChI=1S/C7H10Cl2OSi/c1-11(8,9)6-4-7-3-2-5-10-7/h2-3,5H,4,6H2,1H3. The van der Waals surface area contributed by atoms with Crippen LogP contribution in [0.15, 0.2) is 22.8 Å². The highest BCUT2D eigenvalue weighted by Crippen LogP contribution is 2.22. The topological polar surface area (TPSA) is 13.1 Å². The summed E-state index contributed by atoms with van der Waals surface area (Å²) in [6.45, 7) is -0.0132. The first-order valence-corrected chi connectivity index (χ1v) is 8.21. The normalized spacial score (nSPS) is 11.9. The van der Waals surface area contributed by atoms with E-state index in [0.29, 0.717) is 0 Å². The van der Waals surface area contributed by atoms with Crippen molar-refractivity contribution in [1.82, 2.24) is 0 Å². The van der Waals surface area contributed by atoms with Gasteiger partial charge in [0.15, 0.2) is 0 Å². The molecule has 1 heterocycles. The van der Waals surface area contributed by atoms with Crippen molar-refractivity contribution >= 4 is 28.9 Å². The molecule has 0 radical (unpaired) electrons. The first-order chi connectivity index (χ1) is 5.08. The van der Waals surface area contributed by atoms with Crippen LogP contribution in [0.25, 0.3) is 0 Å². The second kappa shape index (κ2) is 3.65. The average molecular weight is 209 g/mol. The van der Waals surface area contributed by atoms with Crippen molar-refractivity contribution in [3.8, 4) is 0 Å². The van der Waals surface area contributed by atoms with Gasteiger partial charge in [0.05, 0.1) is 6.26 Å². The maximum absolute atomic E-state index is 5.91. The van der Waals surface area contributed by atoms with Gasteiger partial charge in [0.1, 0.15) is 5.76 Å². The number of rotatable bonds is 3. The molecule has 0 aliphatic carbocycles. The summed E-state index contributed by atoms with van der Waals surface area (Å²) in [6, 6.07) is 4.66. The molecule has 11 heavy (non-hydrogen) atoms. The SMILES string of the molecule is C[Si](Cl)(Cl)CCc1ccco1. The van der Waals surface area contributed by atoms with E-state index in [2.05, 4.69) is 0 Å². The van der Waals surface area contributed by atoms with Crippen molar-refractivity contribution in [3.05, 3.63) is 24.2 Å². The van der Waals surface area contributed by atoms with Gasteiger partial charge in [-0.3, -0.25) is 0 Å². The monoisotopic (exact) mass is 208 g/mol. The third kappa shape index (κ3) is 3.84. The molecule has 62 valence electrons. The van der Waals surface area contributed by atoms with E-state index in [9.17, 15) is 0 Å².